The monoisotopic (exact) mass is 427 g/mol. The molecule has 1 heterocycles. The number of nitrogens with two attached hydrogens (primary N) is 1. The van der Waals surface area contributed by atoms with Crippen LogP contribution in [0, 0.1) is 11.3 Å². The number of ether oxygens (including phenoxy) is 1. The molecule has 1 amide bonds. The van der Waals surface area contributed by atoms with Crippen LogP contribution in [0.3, 0.4) is 0 Å². The summed E-state index contributed by atoms with van der Waals surface area (Å²) in [7, 11) is 1.27. The average Bonchev–Trinajstić information content (AvgIpc) is 2.83. The fourth-order valence-corrected chi connectivity index (χ4v) is 3.21. The van der Waals surface area contributed by atoms with Gasteiger partial charge in [-0.2, -0.15) is 10.4 Å². The van der Waals surface area contributed by atoms with Crippen LogP contribution in [0.2, 0.25) is 0 Å². The van der Waals surface area contributed by atoms with Gasteiger partial charge in [0.15, 0.2) is 0 Å². The zero-order chi connectivity index (χ0) is 22.9. The van der Waals surface area contributed by atoms with Crippen LogP contribution in [0.25, 0.3) is 11.1 Å². The van der Waals surface area contributed by atoms with Gasteiger partial charge in [-0.25, -0.2) is 4.79 Å². The third-order valence-corrected chi connectivity index (χ3v) is 4.79. The van der Waals surface area contributed by atoms with Crippen molar-refractivity contribution in [1.82, 2.24) is 10.3 Å². The second kappa shape index (κ2) is 10.5. The molecular formula is C24H21N5O3. The van der Waals surface area contributed by atoms with Gasteiger partial charge < -0.3 is 15.9 Å². The molecule has 8 heteroatoms. The number of hydrogen-bond donors (Lipinski definition) is 2. The summed E-state index contributed by atoms with van der Waals surface area (Å²) in [6.45, 7) is 0. The summed E-state index contributed by atoms with van der Waals surface area (Å²) in [5.74, 6) is 4.17. The van der Waals surface area contributed by atoms with Crippen molar-refractivity contribution in [1.29, 1.82) is 5.26 Å². The Morgan fingerprint density at radius 2 is 1.97 bits per heavy atom. The average molecular weight is 427 g/mol. The van der Waals surface area contributed by atoms with Gasteiger partial charge in [-0.1, -0.05) is 30.3 Å². The molecule has 0 bridgehead atoms. The fourth-order valence-electron chi connectivity index (χ4n) is 3.21. The number of methoxy groups -OCH3 is 1. The van der Waals surface area contributed by atoms with E-state index in [1.807, 2.05) is 12.1 Å². The zero-order valence-corrected chi connectivity index (χ0v) is 17.4. The molecule has 0 saturated carbocycles. The van der Waals surface area contributed by atoms with E-state index >= 15 is 0 Å². The lowest BCUT2D eigenvalue weighted by Gasteiger charge is -2.17. The third kappa shape index (κ3) is 5.34. The molecule has 0 radical (unpaired) electrons. The highest BCUT2D eigenvalue weighted by Gasteiger charge is 2.23. The van der Waals surface area contributed by atoms with E-state index in [1.165, 1.54) is 13.3 Å². The van der Waals surface area contributed by atoms with Crippen molar-refractivity contribution in [2.45, 2.75) is 12.5 Å². The van der Waals surface area contributed by atoms with E-state index < -0.39 is 17.9 Å². The molecule has 1 aromatic heterocycles. The van der Waals surface area contributed by atoms with E-state index in [-0.39, 0.29) is 6.42 Å². The highest BCUT2D eigenvalue weighted by Crippen LogP contribution is 2.23. The van der Waals surface area contributed by atoms with Crippen molar-refractivity contribution in [3.8, 4) is 17.2 Å². The second-order valence-corrected chi connectivity index (χ2v) is 6.86. The minimum atomic E-state index is -0.892. The lowest BCUT2D eigenvalue weighted by atomic mass is 9.99. The maximum absolute atomic E-state index is 12.8. The van der Waals surface area contributed by atoms with Crippen LogP contribution >= 0.6 is 0 Å². The molecule has 0 aliphatic heterocycles. The molecule has 1 unspecified atom stereocenters. The summed E-state index contributed by atoms with van der Waals surface area (Å²) in [6, 6.07) is 18.8. The van der Waals surface area contributed by atoms with Gasteiger partial charge in [0, 0.05) is 18.2 Å². The van der Waals surface area contributed by atoms with Crippen LogP contribution < -0.4 is 11.2 Å². The van der Waals surface area contributed by atoms with E-state index in [1.54, 1.807) is 54.7 Å². The van der Waals surface area contributed by atoms with Gasteiger partial charge in [-0.15, -0.1) is 0 Å². The molecule has 32 heavy (non-hydrogen) atoms. The topological polar surface area (TPSA) is 130 Å². The molecule has 160 valence electrons. The van der Waals surface area contributed by atoms with Gasteiger partial charge in [0.1, 0.15) is 6.04 Å². The maximum Gasteiger partial charge on any atom is 0.328 e. The van der Waals surface area contributed by atoms with Crippen LogP contribution in [0.15, 0.2) is 72.0 Å². The number of rotatable bonds is 7. The van der Waals surface area contributed by atoms with Gasteiger partial charge in [0.2, 0.25) is 0 Å². The quantitative estimate of drug-likeness (QED) is 0.258. The first kappa shape index (κ1) is 22.2. The number of nitrogens with one attached hydrogen (secondary N) is 1. The van der Waals surface area contributed by atoms with Gasteiger partial charge in [0.05, 0.1) is 30.7 Å². The Morgan fingerprint density at radius 1 is 1.22 bits per heavy atom. The Balaban J connectivity index is 1.77. The molecule has 3 N–H and O–H groups in total. The summed E-state index contributed by atoms with van der Waals surface area (Å²) in [5.41, 5.74) is 3.81. The summed E-state index contributed by atoms with van der Waals surface area (Å²) in [6.07, 6.45) is 3.17. The van der Waals surface area contributed by atoms with E-state index in [2.05, 4.69) is 21.5 Å². The van der Waals surface area contributed by atoms with Crippen LogP contribution in [-0.2, 0) is 16.0 Å². The Kier molecular flexibility index (Phi) is 7.28. The number of aromatic nitrogens is 1. The summed E-state index contributed by atoms with van der Waals surface area (Å²) in [5, 5.41) is 15.4. The minimum Gasteiger partial charge on any atom is -0.467 e. The lowest BCUT2D eigenvalue weighted by molar-refractivity contribution is -0.142. The van der Waals surface area contributed by atoms with Crippen molar-refractivity contribution in [2.75, 3.05) is 7.11 Å². The molecule has 8 nitrogen and oxygen atoms in total. The number of esters is 1. The van der Waals surface area contributed by atoms with Crippen molar-refractivity contribution in [3.05, 3.63) is 89.2 Å². The van der Waals surface area contributed by atoms with Crippen molar-refractivity contribution >= 4 is 18.1 Å². The first-order valence-electron chi connectivity index (χ1n) is 9.72. The van der Waals surface area contributed by atoms with E-state index in [0.717, 1.165) is 16.7 Å². The summed E-state index contributed by atoms with van der Waals surface area (Å²) >= 11 is 0. The SMILES string of the molecule is COC(=O)C(Cc1ccnc(/C=N\N)c1)NC(=O)c1ccc(-c2ccccc2C#N)cc1. The first-order chi connectivity index (χ1) is 15.5. The van der Waals surface area contributed by atoms with Crippen molar-refractivity contribution < 1.29 is 14.3 Å². The Labute approximate surface area is 185 Å². The molecule has 0 spiro atoms. The molecule has 2 aromatic carbocycles. The molecule has 1 atom stereocenters. The van der Waals surface area contributed by atoms with E-state index in [9.17, 15) is 14.9 Å². The van der Waals surface area contributed by atoms with Gasteiger partial charge >= 0.3 is 5.97 Å². The predicted octanol–water partition coefficient (Wildman–Crippen LogP) is 2.43. The fraction of sp³-hybridized carbons (Fsp3) is 0.125. The summed E-state index contributed by atoms with van der Waals surface area (Å²) < 4.78 is 4.86. The van der Waals surface area contributed by atoms with Crippen molar-refractivity contribution in [2.24, 2.45) is 10.9 Å². The number of hydrazone groups is 1. The standard InChI is InChI=1S/C24H21N5O3/c1-32-24(31)22(13-16-10-11-27-20(12-16)15-28-26)29-23(30)18-8-6-17(7-9-18)21-5-3-2-4-19(21)14-25/h2-12,15,22H,13,26H2,1H3,(H,29,30)/b28-15-. The number of hydrogen-bond acceptors (Lipinski definition) is 7. The Morgan fingerprint density at radius 3 is 2.66 bits per heavy atom. The van der Waals surface area contributed by atoms with Crippen molar-refractivity contribution in [3.63, 3.8) is 0 Å². The van der Waals surface area contributed by atoms with E-state index in [4.69, 9.17) is 10.6 Å². The van der Waals surface area contributed by atoms with Crippen LogP contribution in [0.5, 0.6) is 0 Å². The van der Waals surface area contributed by atoms with Gasteiger partial charge in [-0.3, -0.25) is 9.78 Å². The van der Waals surface area contributed by atoms with Crippen LogP contribution in [0.4, 0.5) is 0 Å². The number of nitrogens with zero attached hydrogens (tertiary/aromatic N) is 3. The number of carbonyl (C=O) groups is 2. The minimum absolute atomic E-state index is 0.208. The highest BCUT2D eigenvalue weighted by atomic mass is 16.5. The smallest absolute Gasteiger partial charge is 0.328 e. The van der Waals surface area contributed by atoms with Crippen LogP contribution in [0.1, 0.15) is 27.2 Å². The molecule has 3 rings (SSSR count). The summed E-state index contributed by atoms with van der Waals surface area (Å²) in [4.78, 5) is 29.2. The molecule has 0 aliphatic rings. The highest BCUT2D eigenvalue weighted by molar-refractivity contribution is 5.97. The second-order valence-electron chi connectivity index (χ2n) is 6.86. The molecular weight excluding hydrogens is 406 g/mol. The Bertz CT molecular complexity index is 1180. The molecule has 0 fully saturated rings. The predicted molar refractivity (Wildman–Crippen MR) is 120 cm³/mol. The maximum atomic E-state index is 12.8. The van der Waals surface area contributed by atoms with Crippen LogP contribution in [-0.4, -0.2) is 36.2 Å². The normalized spacial score (nSPS) is 11.5. The number of amides is 1. The molecule has 0 saturated heterocycles. The largest absolute Gasteiger partial charge is 0.467 e. The number of pyridine rings is 1. The lowest BCUT2D eigenvalue weighted by Crippen LogP contribution is -2.43. The molecule has 0 aliphatic carbocycles. The van der Waals surface area contributed by atoms with Gasteiger partial charge in [0.25, 0.3) is 5.91 Å². The van der Waals surface area contributed by atoms with E-state index in [0.29, 0.717) is 16.8 Å². The number of nitriles is 1. The zero-order valence-electron chi connectivity index (χ0n) is 17.4. The molecule has 3 aromatic rings. The third-order valence-electron chi connectivity index (χ3n) is 4.79. The first-order valence-corrected chi connectivity index (χ1v) is 9.72. The number of benzene rings is 2. The number of carbonyl (C=O) groups excluding carboxylic acids is 2. The Hall–Kier alpha value is -4.51. The van der Waals surface area contributed by atoms with Gasteiger partial charge in [-0.05, 0) is 47.0 Å².